The number of nitrogens with two attached hydrogens (primary N) is 1. The number of carboxylic acid groups (broad SMARTS) is 4. The first-order chi connectivity index (χ1) is 23.9. The highest BCUT2D eigenvalue weighted by Crippen LogP contribution is 2.12. The third-order valence-electron chi connectivity index (χ3n) is 7.26. The maximum Gasteiger partial charge on any atom is 0.317 e. The van der Waals surface area contributed by atoms with E-state index in [9.17, 15) is 52.5 Å². The summed E-state index contributed by atoms with van der Waals surface area (Å²) < 4.78 is 23.0. The lowest BCUT2D eigenvalue weighted by atomic mass is 10.0. The number of hydrogen-bond donors (Lipinski definition) is 8. The number of amides is 2. The zero-order valence-electron chi connectivity index (χ0n) is 27.5. The van der Waals surface area contributed by atoms with Gasteiger partial charge in [0.05, 0.1) is 37.6 Å². The molecule has 51 heavy (non-hydrogen) atoms. The van der Waals surface area contributed by atoms with Gasteiger partial charge in [-0.1, -0.05) is 24.3 Å². The number of hydrogen-bond acceptors (Lipinski definition) is 12. The Morgan fingerprint density at radius 3 is 1.55 bits per heavy atom. The van der Waals surface area contributed by atoms with Gasteiger partial charge < -0.3 is 36.2 Å². The fourth-order valence-electron chi connectivity index (χ4n) is 4.85. The van der Waals surface area contributed by atoms with E-state index in [0.29, 0.717) is 17.5 Å². The molecule has 9 N–H and O–H groups in total. The van der Waals surface area contributed by atoms with Gasteiger partial charge in [-0.3, -0.25) is 43.5 Å². The molecule has 2 aromatic carbocycles. The topological polar surface area (TPSA) is 298 Å². The average Bonchev–Trinajstić information content (AvgIpc) is 3.01. The van der Waals surface area contributed by atoms with Crippen LogP contribution in [0.2, 0.25) is 0 Å². The van der Waals surface area contributed by atoms with Crippen LogP contribution in [0.15, 0.2) is 53.4 Å². The number of carbonyl (C=O) groups excluding carboxylic acids is 2. The molecule has 0 saturated heterocycles. The minimum atomic E-state index is -3.88. The fourth-order valence-corrected chi connectivity index (χ4v) is 5.36. The number of aliphatic carboxylic acids is 4. The van der Waals surface area contributed by atoms with Crippen molar-refractivity contribution in [2.75, 3.05) is 65.4 Å². The Kier molecular flexibility index (Phi) is 16.9. The van der Waals surface area contributed by atoms with Crippen molar-refractivity contribution in [3.8, 4) is 5.75 Å². The molecule has 2 aromatic rings. The van der Waals surface area contributed by atoms with Gasteiger partial charge in [-0.2, -0.15) is 0 Å². The van der Waals surface area contributed by atoms with E-state index in [1.54, 1.807) is 24.3 Å². The van der Waals surface area contributed by atoms with E-state index in [4.69, 9.17) is 15.4 Å². The van der Waals surface area contributed by atoms with E-state index in [2.05, 4.69) is 10.6 Å². The van der Waals surface area contributed by atoms with Crippen molar-refractivity contribution in [2.24, 2.45) is 5.14 Å². The number of nitrogens with one attached hydrogen (secondary N) is 2. The van der Waals surface area contributed by atoms with Gasteiger partial charge in [-0.25, -0.2) is 13.6 Å². The van der Waals surface area contributed by atoms with Gasteiger partial charge in [-0.15, -0.1) is 0 Å². The van der Waals surface area contributed by atoms with Crippen molar-refractivity contribution in [2.45, 2.75) is 23.8 Å². The van der Waals surface area contributed by atoms with Crippen molar-refractivity contribution in [1.82, 2.24) is 25.3 Å². The number of carbonyl (C=O) groups is 6. The summed E-state index contributed by atoms with van der Waals surface area (Å²) >= 11 is 0. The van der Waals surface area contributed by atoms with Gasteiger partial charge in [-0.05, 0) is 41.8 Å². The zero-order chi connectivity index (χ0) is 38.1. The molecular weight excluding hydrogens is 696 g/mol. The largest absolute Gasteiger partial charge is 0.508 e. The second-order valence-electron chi connectivity index (χ2n) is 11.5. The summed E-state index contributed by atoms with van der Waals surface area (Å²) in [6.45, 7) is -3.20. The van der Waals surface area contributed by atoms with Crippen molar-refractivity contribution in [3.63, 3.8) is 0 Å². The Hall–Kier alpha value is -5.15. The SMILES string of the molecule is NS(=O)(=O)c1ccc(CCNC(=O)[C@H](Cc2ccc(O)cc2)NC(=O)CN(CCN(CCN(CC(=O)O)CC(=O)O)CC(=O)O)CC(=O)O)cc1. The smallest absolute Gasteiger partial charge is 0.317 e. The van der Waals surface area contributed by atoms with Crippen LogP contribution >= 0.6 is 0 Å². The first kappa shape index (κ1) is 42.0. The highest BCUT2D eigenvalue weighted by Gasteiger charge is 2.24. The van der Waals surface area contributed by atoms with Crippen LogP contribution in [0.5, 0.6) is 5.75 Å². The average molecular weight is 739 g/mol. The van der Waals surface area contributed by atoms with Crippen molar-refractivity contribution < 1.29 is 62.7 Å². The second kappa shape index (κ2) is 20.5. The summed E-state index contributed by atoms with van der Waals surface area (Å²) in [5.74, 6) is -6.44. The Bertz CT molecular complexity index is 1610. The Morgan fingerprint density at radius 2 is 1.08 bits per heavy atom. The maximum atomic E-state index is 13.2. The molecule has 0 radical (unpaired) electrons. The van der Waals surface area contributed by atoms with Gasteiger partial charge in [0.15, 0.2) is 0 Å². The zero-order valence-corrected chi connectivity index (χ0v) is 28.3. The number of primary sulfonamides is 1. The van der Waals surface area contributed by atoms with Crippen molar-refractivity contribution in [3.05, 3.63) is 59.7 Å². The normalized spacial score (nSPS) is 12.1. The number of carboxylic acids is 4. The summed E-state index contributed by atoms with van der Waals surface area (Å²) in [4.78, 5) is 75.3. The monoisotopic (exact) mass is 738 g/mol. The molecule has 0 bridgehead atoms. The van der Waals surface area contributed by atoms with Gasteiger partial charge in [0, 0.05) is 39.1 Å². The van der Waals surface area contributed by atoms with Crippen molar-refractivity contribution in [1.29, 1.82) is 0 Å². The first-order valence-corrected chi connectivity index (χ1v) is 17.0. The Labute approximate surface area is 293 Å². The summed E-state index contributed by atoms with van der Waals surface area (Å²) in [5.41, 5.74) is 1.28. The van der Waals surface area contributed by atoms with Gasteiger partial charge in [0.1, 0.15) is 11.8 Å². The number of aromatic hydroxyl groups is 1. The van der Waals surface area contributed by atoms with E-state index in [0.717, 1.165) is 4.90 Å². The van der Waals surface area contributed by atoms with Crippen LogP contribution in [-0.4, -0.2) is 156 Å². The molecule has 2 amide bonds. The third kappa shape index (κ3) is 17.4. The summed E-state index contributed by atoms with van der Waals surface area (Å²) in [5, 5.41) is 57.0. The highest BCUT2D eigenvalue weighted by atomic mass is 32.2. The molecule has 0 aromatic heterocycles. The predicted molar refractivity (Wildman–Crippen MR) is 178 cm³/mol. The van der Waals surface area contributed by atoms with Crippen LogP contribution in [0.3, 0.4) is 0 Å². The molecule has 20 heteroatoms. The van der Waals surface area contributed by atoms with Crippen LogP contribution in [0.25, 0.3) is 0 Å². The third-order valence-corrected chi connectivity index (χ3v) is 8.19. The quantitative estimate of drug-likeness (QED) is 0.0560. The lowest BCUT2D eigenvalue weighted by molar-refractivity contribution is -0.143. The summed E-state index contributed by atoms with van der Waals surface area (Å²) in [6.07, 6.45) is 0.301. The molecule has 0 unspecified atom stereocenters. The number of sulfonamides is 1. The number of nitrogens with zero attached hydrogens (tertiary/aromatic N) is 3. The Morgan fingerprint density at radius 1 is 0.647 bits per heavy atom. The number of phenolic OH excluding ortho intramolecular Hbond substituents is 1. The van der Waals surface area contributed by atoms with E-state index in [1.165, 1.54) is 34.1 Å². The number of rotatable bonds is 24. The second-order valence-corrected chi connectivity index (χ2v) is 13.1. The lowest BCUT2D eigenvalue weighted by Gasteiger charge is -2.28. The molecule has 0 saturated carbocycles. The van der Waals surface area contributed by atoms with E-state index >= 15 is 0 Å². The minimum absolute atomic E-state index is 0.00455. The molecule has 1 atom stereocenters. The molecule has 0 aliphatic carbocycles. The van der Waals surface area contributed by atoms with Crippen molar-refractivity contribution >= 4 is 45.7 Å². The predicted octanol–water partition coefficient (Wildman–Crippen LogP) is -2.33. The minimum Gasteiger partial charge on any atom is -0.508 e. The van der Waals surface area contributed by atoms with Gasteiger partial charge in [0.25, 0.3) is 0 Å². The van der Waals surface area contributed by atoms with Gasteiger partial charge in [0.2, 0.25) is 21.8 Å². The van der Waals surface area contributed by atoms with E-state index in [1.807, 2.05) is 0 Å². The maximum absolute atomic E-state index is 13.2. The summed E-state index contributed by atoms with van der Waals surface area (Å²) in [6, 6.07) is 10.5. The number of phenols is 1. The van der Waals surface area contributed by atoms with E-state index in [-0.39, 0.29) is 49.8 Å². The van der Waals surface area contributed by atoms with Crippen LogP contribution in [0.1, 0.15) is 11.1 Å². The highest BCUT2D eigenvalue weighted by molar-refractivity contribution is 7.89. The molecular formula is C31H42N6O13S. The van der Waals surface area contributed by atoms with Gasteiger partial charge >= 0.3 is 23.9 Å². The Balaban J connectivity index is 2.11. The fraction of sp³-hybridized carbons (Fsp3) is 0.419. The summed E-state index contributed by atoms with van der Waals surface area (Å²) in [7, 11) is -3.88. The first-order valence-electron chi connectivity index (χ1n) is 15.4. The van der Waals surface area contributed by atoms with E-state index < -0.39 is 84.5 Å². The molecule has 0 spiro atoms. The number of benzene rings is 2. The van der Waals surface area contributed by atoms with Crippen LogP contribution in [-0.2, 0) is 51.6 Å². The molecule has 2 rings (SSSR count). The molecule has 19 nitrogen and oxygen atoms in total. The molecule has 280 valence electrons. The lowest BCUT2D eigenvalue weighted by Crippen LogP contribution is -2.52. The molecule has 0 aliphatic heterocycles. The molecule has 0 aliphatic rings. The van der Waals surface area contributed by atoms with Crippen LogP contribution in [0.4, 0.5) is 0 Å². The van der Waals surface area contributed by atoms with Crippen LogP contribution < -0.4 is 15.8 Å². The molecule has 0 fully saturated rings. The molecule has 0 heterocycles. The van der Waals surface area contributed by atoms with Crippen LogP contribution in [0, 0.1) is 0 Å². The standard InChI is InChI=1S/C31H42N6O13S/c32-51(49,50)24-7-3-21(4-8-24)9-10-33-31(48)25(15-22-1-5-23(38)6-2-22)34-26(39)16-36(18-28(42)43)13-11-35(17-27(40)41)12-14-37(19-29(44)45)20-30(46)47/h1-8,25,38H,9-20H2,(H,33,48)(H,34,39)(H,40,41)(H,42,43)(H,44,45)(H,46,47)(H2,32,49,50)/t25-/m0/s1.